The third-order valence-corrected chi connectivity index (χ3v) is 2.62. The second kappa shape index (κ2) is 3.44. The molecule has 0 aliphatic carbocycles. The number of hydrogen-bond donors (Lipinski definition) is 0. The molecule has 0 amide bonds. The summed E-state index contributed by atoms with van der Waals surface area (Å²) < 4.78 is 12.8. The summed E-state index contributed by atoms with van der Waals surface area (Å²) in [6.45, 7) is 0. The molecule has 0 saturated heterocycles. The van der Waals surface area contributed by atoms with Crippen LogP contribution in [-0.4, -0.2) is 4.98 Å². The number of aromatic nitrogens is 1. The van der Waals surface area contributed by atoms with E-state index in [1.165, 1.54) is 17.4 Å². The summed E-state index contributed by atoms with van der Waals surface area (Å²) in [4.78, 5) is 3.97. The van der Waals surface area contributed by atoms with Crippen LogP contribution >= 0.6 is 22.9 Å². The minimum atomic E-state index is -0.411. The molecule has 0 spiro atoms. The third-order valence-electron chi connectivity index (χ3n) is 1.56. The average Bonchev–Trinajstić information content (AvgIpc) is 2.62. The minimum Gasteiger partial charge on any atom is -0.234 e. The van der Waals surface area contributed by atoms with Crippen LogP contribution in [0.2, 0.25) is 5.02 Å². The second-order valence-electron chi connectivity index (χ2n) is 2.41. The number of rotatable bonds is 1. The number of halogens is 2. The molecule has 0 unspecified atom stereocenters. The maximum atomic E-state index is 12.8. The highest BCUT2D eigenvalue weighted by Gasteiger charge is 2.04. The van der Waals surface area contributed by atoms with Gasteiger partial charge in [0.1, 0.15) is 17.0 Å². The Morgan fingerprint density at radius 1 is 1.46 bits per heavy atom. The normalized spacial score (nSPS) is 10.3. The van der Waals surface area contributed by atoms with Gasteiger partial charge >= 0.3 is 0 Å². The van der Waals surface area contributed by atoms with Crippen molar-refractivity contribution in [2.45, 2.75) is 0 Å². The molecule has 0 bridgehead atoms. The molecule has 0 N–H and O–H groups in total. The van der Waals surface area contributed by atoms with Crippen LogP contribution in [0.5, 0.6) is 0 Å². The van der Waals surface area contributed by atoms with E-state index in [0.29, 0.717) is 0 Å². The molecule has 2 rings (SSSR count). The molecule has 65 valence electrons. The number of nitrogens with zero attached hydrogens (tertiary/aromatic N) is 1. The number of benzene rings is 1. The Labute approximate surface area is 83.8 Å². The lowest BCUT2D eigenvalue weighted by atomic mass is 10.2. The first-order valence-corrected chi connectivity index (χ1v) is 4.80. The summed E-state index contributed by atoms with van der Waals surface area (Å²) in [5, 5.41) is 2.65. The van der Waals surface area contributed by atoms with Crippen LogP contribution in [0.15, 0.2) is 23.6 Å². The smallest absolute Gasteiger partial charge is 0.141 e. The van der Waals surface area contributed by atoms with Crippen molar-refractivity contribution < 1.29 is 4.39 Å². The van der Waals surface area contributed by atoms with E-state index in [1.807, 2.05) is 0 Å². The van der Waals surface area contributed by atoms with Crippen molar-refractivity contribution >= 4 is 22.9 Å². The van der Waals surface area contributed by atoms with Gasteiger partial charge in [-0.05, 0) is 18.2 Å². The van der Waals surface area contributed by atoms with Gasteiger partial charge in [-0.3, -0.25) is 0 Å². The van der Waals surface area contributed by atoms with Gasteiger partial charge in [-0.2, -0.15) is 0 Å². The first-order valence-electron chi connectivity index (χ1n) is 3.54. The SMILES string of the molecule is Fc1ccc(-c2n[c]cs2)cc1Cl. The lowest BCUT2D eigenvalue weighted by Gasteiger charge is -1.97. The fourth-order valence-corrected chi connectivity index (χ4v) is 1.72. The molecule has 1 aromatic carbocycles. The molecule has 1 heterocycles. The molecule has 0 fully saturated rings. The van der Waals surface area contributed by atoms with Crippen molar-refractivity contribution in [1.82, 2.24) is 4.98 Å². The van der Waals surface area contributed by atoms with E-state index in [4.69, 9.17) is 11.6 Å². The second-order valence-corrected chi connectivity index (χ2v) is 3.68. The molecule has 4 heteroatoms. The van der Waals surface area contributed by atoms with Gasteiger partial charge in [0.05, 0.1) is 5.02 Å². The lowest BCUT2D eigenvalue weighted by Crippen LogP contribution is -1.79. The minimum absolute atomic E-state index is 0.118. The van der Waals surface area contributed by atoms with E-state index < -0.39 is 5.82 Å². The first kappa shape index (κ1) is 8.66. The first-order chi connectivity index (χ1) is 6.27. The van der Waals surface area contributed by atoms with E-state index in [9.17, 15) is 4.39 Å². The van der Waals surface area contributed by atoms with Gasteiger partial charge in [0.15, 0.2) is 0 Å². The fraction of sp³-hybridized carbons (Fsp3) is 0. The standard InChI is InChI=1S/C9H4ClFNS/c10-7-5-6(1-2-8(7)11)9-12-3-4-13-9/h1-2,4-5H. The van der Waals surface area contributed by atoms with Gasteiger partial charge in [-0.1, -0.05) is 11.6 Å². The van der Waals surface area contributed by atoms with E-state index >= 15 is 0 Å². The van der Waals surface area contributed by atoms with Crippen molar-refractivity contribution in [2.75, 3.05) is 0 Å². The monoisotopic (exact) mass is 212 g/mol. The van der Waals surface area contributed by atoms with Gasteiger partial charge in [0, 0.05) is 10.9 Å². The van der Waals surface area contributed by atoms with Crippen molar-refractivity contribution in [3.63, 3.8) is 0 Å². The molecule has 1 nitrogen and oxygen atoms in total. The highest BCUT2D eigenvalue weighted by molar-refractivity contribution is 7.13. The van der Waals surface area contributed by atoms with E-state index in [2.05, 4.69) is 11.2 Å². The third kappa shape index (κ3) is 1.71. The van der Waals surface area contributed by atoms with Crippen LogP contribution in [0.25, 0.3) is 10.6 Å². The Kier molecular flexibility index (Phi) is 2.29. The van der Waals surface area contributed by atoms with Gasteiger partial charge in [-0.15, -0.1) is 11.3 Å². The van der Waals surface area contributed by atoms with Crippen molar-refractivity contribution in [1.29, 1.82) is 0 Å². The van der Waals surface area contributed by atoms with Gasteiger partial charge in [0.2, 0.25) is 0 Å². The Morgan fingerprint density at radius 3 is 2.92 bits per heavy atom. The van der Waals surface area contributed by atoms with Crippen LogP contribution in [-0.2, 0) is 0 Å². The molecule has 0 atom stereocenters. The fourth-order valence-electron chi connectivity index (χ4n) is 0.955. The van der Waals surface area contributed by atoms with Gasteiger partial charge in [0.25, 0.3) is 0 Å². The summed E-state index contributed by atoms with van der Waals surface area (Å²) in [6, 6.07) is 4.54. The van der Waals surface area contributed by atoms with Crippen LogP contribution in [0, 0.1) is 12.0 Å². The predicted molar refractivity (Wildman–Crippen MR) is 51.4 cm³/mol. The van der Waals surface area contributed by atoms with E-state index in [-0.39, 0.29) is 5.02 Å². The zero-order chi connectivity index (χ0) is 9.26. The van der Waals surface area contributed by atoms with Crippen molar-refractivity contribution in [2.24, 2.45) is 0 Å². The zero-order valence-electron chi connectivity index (χ0n) is 6.42. The Hall–Kier alpha value is -0.930. The molecule has 2 aromatic rings. The Bertz CT molecular complexity index is 414. The maximum absolute atomic E-state index is 12.8. The van der Waals surface area contributed by atoms with Crippen molar-refractivity contribution in [3.8, 4) is 10.6 Å². The number of hydrogen-bond acceptors (Lipinski definition) is 2. The molecule has 13 heavy (non-hydrogen) atoms. The molecule has 0 saturated carbocycles. The molecule has 1 aromatic heterocycles. The summed E-state index contributed by atoms with van der Waals surface area (Å²) in [5.74, 6) is -0.411. The quantitative estimate of drug-likeness (QED) is 0.706. The molecule has 0 aliphatic heterocycles. The highest BCUT2D eigenvalue weighted by Crippen LogP contribution is 2.25. The lowest BCUT2D eigenvalue weighted by molar-refractivity contribution is 0.628. The summed E-state index contributed by atoms with van der Waals surface area (Å²) in [5.41, 5.74) is 0.817. The van der Waals surface area contributed by atoms with E-state index in [1.54, 1.807) is 17.5 Å². The zero-order valence-corrected chi connectivity index (χ0v) is 7.99. The van der Waals surface area contributed by atoms with Gasteiger partial charge in [-0.25, -0.2) is 9.37 Å². The molecular weight excluding hydrogens is 209 g/mol. The van der Waals surface area contributed by atoms with E-state index in [0.717, 1.165) is 10.6 Å². The Morgan fingerprint density at radius 2 is 2.31 bits per heavy atom. The summed E-state index contributed by atoms with van der Waals surface area (Å²) in [7, 11) is 0. The highest BCUT2D eigenvalue weighted by atomic mass is 35.5. The molecule has 0 aliphatic rings. The molecular formula is C9H4ClFNS. The topological polar surface area (TPSA) is 12.9 Å². The Balaban J connectivity index is 2.49. The number of thiazole rings is 1. The van der Waals surface area contributed by atoms with Crippen LogP contribution in [0.3, 0.4) is 0 Å². The maximum Gasteiger partial charge on any atom is 0.141 e. The van der Waals surface area contributed by atoms with Crippen LogP contribution in [0.1, 0.15) is 0 Å². The van der Waals surface area contributed by atoms with Crippen LogP contribution < -0.4 is 0 Å². The van der Waals surface area contributed by atoms with Crippen LogP contribution in [0.4, 0.5) is 4.39 Å². The molecule has 1 radical (unpaired) electrons. The van der Waals surface area contributed by atoms with Crippen molar-refractivity contribution in [3.05, 3.63) is 40.6 Å². The average molecular weight is 213 g/mol. The predicted octanol–water partition coefficient (Wildman–Crippen LogP) is 3.40. The summed E-state index contributed by atoms with van der Waals surface area (Å²) in [6.07, 6.45) is 2.69. The summed E-state index contributed by atoms with van der Waals surface area (Å²) >= 11 is 7.07. The van der Waals surface area contributed by atoms with Gasteiger partial charge < -0.3 is 0 Å². The largest absolute Gasteiger partial charge is 0.234 e.